The highest BCUT2D eigenvalue weighted by Gasteiger charge is 2.43. The highest BCUT2D eigenvalue weighted by molar-refractivity contribution is 6.03. The predicted molar refractivity (Wildman–Crippen MR) is 148 cm³/mol. The van der Waals surface area contributed by atoms with Crippen molar-refractivity contribution in [3.8, 4) is 0 Å². The van der Waals surface area contributed by atoms with Crippen LogP contribution in [0.2, 0.25) is 0 Å². The molecule has 1 aliphatic rings. The Kier molecular flexibility index (Phi) is 8.12. The van der Waals surface area contributed by atoms with Crippen molar-refractivity contribution in [3.05, 3.63) is 143 Å². The molecule has 0 radical (unpaired) electrons. The maximum absolute atomic E-state index is 13.0. The maximum atomic E-state index is 13.0. The lowest BCUT2D eigenvalue weighted by Gasteiger charge is -2.19. The van der Waals surface area contributed by atoms with Crippen molar-refractivity contribution >= 4 is 23.7 Å². The van der Waals surface area contributed by atoms with Crippen molar-refractivity contribution in [1.82, 2.24) is 9.55 Å². The monoisotopic (exact) mass is 551 g/mol. The number of ether oxygens (including phenoxy) is 3. The molecule has 4 aromatic rings. The Bertz CT molecular complexity index is 1620. The van der Waals surface area contributed by atoms with Gasteiger partial charge in [-0.25, -0.2) is 14.4 Å². The van der Waals surface area contributed by atoms with Crippen LogP contribution in [0.3, 0.4) is 0 Å². The van der Waals surface area contributed by atoms with E-state index < -0.39 is 42.0 Å². The second-order valence-electron chi connectivity index (χ2n) is 9.08. The van der Waals surface area contributed by atoms with Gasteiger partial charge in [0.05, 0.1) is 11.1 Å². The van der Waals surface area contributed by atoms with E-state index in [1.54, 1.807) is 91.0 Å². The molecule has 10 heteroatoms. The van der Waals surface area contributed by atoms with Gasteiger partial charge in [-0.15, -0.1) is 0 Å². The average molecular weight is 552 g/mol. The number of nitrogens with one attached hydrogen (secondary N) is 1. The molecule has 0 bridgehead atoms. The molecule has 5 rings (SSSR count). The fraction of sp³-hybridized carbons (Fsp3) is 0.129. The van der Waals surface area contributed by atoms with Crippen molar-refractivity contribution in [2.75, 3.05) is 11.9 Å². The zero-order chi connectivity index (χ0) is 28.8. The zero-order valence-electron chi connectivity index (χ0n) is 21.7. The predicted octanol–water partition coefficient (Wildman–Crippen LogP) is 4.03. The van der Waals surface area contributed by atoms with Crippen molar-refractivity contribution in [3.63, 3.8) is 0 Å². The molecule has 0 saturated carbocycles. The van der Waals surface area contributed by atoms with Gasteiger partial charge in [-0.1, -0.05) is 61.2 Å². The lowest BCUT2D eigenvalue weighted by molar-refractivity contribution is -0.0578. The Labute approximate surface area is 234 Å². The van der Waals surface area contributed by atoms with Crippen LogP contribution >= 0.6 is 0 Å². The van der Waals surface area contributed by atoms with Crippen LogP contribution in [0, 0.1) is 0 Å². The normalized spacial score (nSPS) is 18.0. The summed E-state index contributed by atoms with van der Waals surface area (Å²) >= 11 is 0. The topological polar surface area (TPSA) is 126 Å². The molecule has 3 atom stereocenters. The Morgan fingerprint density at radius 3 is 1.98 bits per heavy atom. The first kappa shape index (κ1) is 27.2. The maximum Gasteiger partial charge on any atom is 0.351 e. The van der Waals surface area contributed by atoms with Crippen LogP contribution in [0.4, 0.5) is 5.82 Å². The van der Waals surface area contributed by atoms with Gasteiger partial charge < -0.3 is 19.5 Å². The number of rotatable bonds is 8. The number of anilines is 1. The largest absolute Gasteiger partial charge is 0.459 e. The summed E-state index contributed by atoms with van der Waals surface area (Å²) in [6.45, 7) is 3.75. The Morgan fingerprint density at radius 1 is 0.829 bits per heavy atom. The second-order valence-corrected chi connectivity index (χ2v) is 9.08. The average Bonchev–Trinajstić information content (AvgIpc) is 3.31. The number of benzene rings is 3. The Morgan fingerprint density at radius 2 is 1.39 bits per heavy atom. The first-order valence-corrected chi connectivity index (χ1v) is 12.7. The standard InChI is InChI=1S/C31H25N3O7/c1-20-26(41-30(37)23-15-9-4-10-16-23)24(19-39-29(36)22-13-7-3-8-14-22)40-28(20)34-18-17-25(33-31(34)38)32-27(35)21-11-5-2-6-12-21/h2-18,24,26,28H,1,19H2,(H,32,33,35,38)/t24-,26+,28-/m1/s1. The SMILES string of the molecule is C=C1[C@H](n2ccc(NC(=O)c3ccccc3)nc2=O)O[C@H](COC(=O)c2ccccc2)[C@H]1OC(=O)c1ccccc1. The molecule has 10 nitrogen and oxygen atoms in total. The molecule has 0 aliphatic carbocycles. The van der Waals surface area contributed by atoms with Crippen LogP contribution in [-0.2, 0) is 14.2 Å². The van der Waals surface area contributed by atoms with Crippen LogP contribution in [-0.4, -0.2) is 46.2 Å². The van der Waals surface area contributed by atoms with Crippen molar-refractivity contribution < 1.29 is 28.6 Å². The summed E-state index contributed by atoms with van der Waals surface area (Å²) in [7, 11) is 0. The molecular weight excluding hydrogens is 526 g/mol. The first-order valence-electron chi connectivity index (χ1n) is 12.7. The molecule has 206 valence electrons. The molecule has 1 aliphatic heterocycles. The number of amides is 1. The van der Waals surface area contributed by atoms with Gasteiger partial charge in [-0.2, -0.15) is 4.98 Å². The number of nitrogens with zero attached hydrogens (tertiary/aromatic N) is 2. The molecule has 1 fully saturated rings. The van der Waals surface area contributed by atoms with E-state index in [9.17, 15) is 19.2 Å². The quantitative estimate of drug-likeness (QED) is 0.257. The minimum absolute atomic E-state index is 0.0455. The molecule has 0 unspecified atom stereocenters. The number of esters is 2. The Balaban J connectivity index is 1.35. The lowest BCUT2D eigenvalue weighted by atomic mass is 10.1. The van der Waals surface area contributed by atoms with Crippen LogP contribution in [0.15, 0.2) is 120 Å². The van der Waals surface area contributed by atoms with E-state index in [4.69, 9.17) is 14.2 Å². The molecule has 1 saturated heterocycles. The van der Waals surface area contributed by atoms with E-state index in [1.807, 2.05) is 0 Å². The number of hydrogen-bond donors (Lipinski definition) is 1. The van der Waals surface area contributed by atoms with Gasteiger partial charge >= 0.3 is 17.6 Å². The third-order valence-corrected chi connectivity index (χ3v) is 6.32. The number of aromatic nitrogens is 2. The second kappa shape index (κ2) is 12.2. The molecule has 2 heterocycles. The fourth-order valence-corrected chi connectivity index (χ4v) is 4.24. The number of carbonyl (C=O) groups is 3. The Hall–Kier alpha value is -5.35. The molecule has 1 aromatic heterocycles. The van der Waals surface area contributed by atoms with Gasteiger partial charge in [-0.3, -0.25) is 9.36 Å². The van der Waals surface area contributed by atoms with Crippen molar-refractivity contribution in [1.29, 1.82) is 0 Å². The smallest absolute Gasteiger partial charge is 0.351 e. The van der Waals surface area contributed by atoms with E-state index in [2.05, 4.69) is 16.9 Å². The van der Waals surface area contributed by atoms with Gasteiger partial charge in [0.2, 0.25) is 0 Å². The number of carbonyl (C=O) groups excluding carboxylic acids is 3. The summed E-state index contributed by atoms with van der Waals surface area (Å²) in [5.74, 6) is -1.60. The summed E-state index contributed by atoms with van der Waals surface area (Å²) in [5.41, 5.74) is 0.562. The van der Waals surface area contributed by atoms with Crippen LogP contribution in [0.1, 0.15) is 37.3 Å². The third kappa shape index (κ3) is 6.29. The van der Waals surface area contributed by atoms with Crippen molar-refractivity contribution in [2.45, 2.75) is 18.4 Å². The summed E-state index contributed by atoms with van der Waals surface area (Å²) in [6, 6.07) is 26.7. The molecule has 0 spiro atoms. The lowest BCUT2D eigenvalue weighted by Crippen LogP contribution is -2.33. The highest BCUT2D eigenvalue weighted by atomic mass is 16.6. The number of hydrogen-bond acceptors (Lipinski definition) is 8. The van der Waals surface area contributed by atoms with Gasteiger partial charge in [0, 0.05) is 17.3 Å². The van der Waals surface area contributed by atoms with Crippen LogP contribution < -0.4 is 11.0 Å². The molecule has 3 aromatic carbocycles. The van der Waals surface area contributed by atoms with Crippen LogP contribution in [0.5, 0.6) is 0 Å². The van der Waals surface area contributed by atoms with Gasteiger partial charge in [0.25, 0.3) is 5.91 Å². The van der Waals surface area contributed by atoms with Gasteiger partial charge in [0.15, 0.2) is 12.3 Å². The van der Waals surface area contributed by atoms with E-state index in [0.29, 0.717) is 16.7 Å². The van der Waals surface area contributed by atoms with Crippen molar-refractivity contribution in [2.24, 2.45) is 0 Å². The van der Waals surface area contributed by atoms with E-state index in [1.165, 1.54) is 12.3 Å². The fourth-order valence-electron chi connectivity index (χ4n) is 4.24. The molecular formula is C31H25N3O7. The van der Waals surface area contributed by atoms with Gasteiger partial charge in [0.1, 0.15) is 18.5 Å². The minimum atomic E-state index is -1.08. The van der Waals surface area contributed by atoms with Crippen LogP contribution in [0.25, 0.3) is 0 Å². The summed E-state index contributed by atoms with van der Waals surface area (Å²) in [6.07, 6.45) is -1.69. The summed E-state index contributed by atoms with van der Waals surface area (Å²) < 4.78 is 18.4. The minimum Gasteiger partial charge on any atom is -0.459 e. The summed E-state index contributed by atoms with van der Waals surface area (Å²) in [5, 5.41) is 2.58. The summed E-state index contributed by atoms with van der Waals surface area (Å²) in [4.78, 5) is 54.8. The van der Waals surface area contributed by atoms with E-state index in [0.717, 1.165) is 4.57 Å². The van der Waals surface area contributed by atoms with Gasteiger partial charge in [-0.05, 0) is 42.5 Å². The zero-order valence-corrected chi connectivity index (χ0v) is 21.7. The van der Waals surface area contributed by atoms with E-state index >= 15 is 0 Å². The highest BCUT2D eigenvalue weighted by Crippen LogP contribution is 2.35. The molecule has 1 N–H and O–H groups in total. The molecule has 1 amide bonds. The molecule has 41 heavy (non-hydrogen) atoms. The van der Waals surface area contributed by atoms with E-state index in [-0.39, 0.29) is 18.0 Å². The third-order valence-electron chi connectivity index (χ3n) is 6.32. The first-order chi connectivity index (χ1) is 19.9.